The number of β-amino-alcohol motifs (C(OH)–C–C–N with tert-alkyl or cyclic N) is 1. The largest absolute Gasteiger partial charge is 0.385 e. The summed E-state index contributed by atoms with van der Waals surface area (Å²) in [4.78, 5) is 14.5. The predicted molar refractivity (Wildman–Crippen MR) is 135 cm³/mol. The number of halogens is 4. The summed E-state index contributed by atoms with van der Waals surface area (Å²) in [6.45, 7) is 0.413. The van der Waals surface area contributed by atoms with E-state index in [0.717, 1.165) is 18.9 Å². The van der Waals surface area contributed by atoms with Crippen LogP contribution < -0.4 is 10.6 Å². The molecule has 0 saturated carbocycles. The Hall–Kier alpha value is -2.63. The number of carbonyl (C=O) groups is 1. The number of amides is 1. The van der Waals surface area contributed by atoms with Gasteiger partial charge in [-0.25, -0.2) is 13.2 Å². The van der Waals surface area contributed by atoms with Gasteiger partial charge in [0.1, 0.15) is 11.4 Å². The molecule has 1 amide bonds. The van der Waals surface area contributed by atoms with Crippen molar-refractivity contribution in [1.29, 1.82) is 0 Å². The molecule has 3 aromatic carbocycles. The molecule has 3 aromatic rings. The number of carbonyl (C=O) groups excluding carboxylic acids is 1. The Labute approximate surface area is 214 Å². The highest BCUT2D eigenvalue weighted by Crippen LogP contribution is 2.32. The van der Waals surface area contributed by atoms with Crippen molar-refractivity contribution in [2.45, 2.75) is 24.5 Å². The van der Waals surface area contributed by atoms with Crippen LogP contribution >= 0.6 is 22.6 Å². The van der Waals surface area contributed by atoms with Crippen LogP contribution in [0.1, 0.15) is 21.5 Å². The first-order valence-electron chi connectivity index (χ1n) is 11.2. The fraction of sp³-hybridized carbons (Fsp3) is 0.269. The number of benzene rings is 3. The van der Waals surface area contributed by atoms with Crippen molar-refractivity contribution in [3.05, 3.63) is 92.3 Å². The van der Waals surface area contributed by atoms with E-state index in [9.17, 15) is 23.1 Å². The van der Waals surface area contributed by atoms with Gasteiger partial charge in [-0.05, 0) is 76.9 Å². The quantitative estimate of drug-likeness (QED) is 0.371. The molecular weight excluding hydrogens is 570 g/mol. The number of hydrogen-bond acceptors (Lipinski definition) is 4. The molecule has 2 aliphatic rings. The van der Waals surface area contributed by atoms with Crippen molar-refractivity contribution in [2.24, 2.45) is 0 Å². The number of hydrogen-bond donors (Lipinski definition) is 3. The summed E-state index contributed by atoms with van der Waals surface area (Å²) >= 11 is 1.93. The molecule has 0 spiro atoms. The van der Waals surface area contributed by atoms with Gasteiger partial charge in [0.15, 0.2) is 11.6 Å². The molecule has 182 valence electrons. The average Bonchev–Trinajstić information content (AvgIpc) is 3.23. The van der Waals surface area contributed by atoms with Gasteiger partial charge in [-0.1, -0.05) is 24.3 Å². The van der Waals surface area contributed by atoms with E-state index in [2.05, 4.69) is 22.8 Å². The molecule has 5 rings (SSSR count). The first-order chi connectivity index (χ1) is 16.7. The third-order valence-electron chi connectivity index (χ3n) is 6.54. The van der Waals surface area contributed by atoms with Crippen molar-refractivity contribution < 1.29 is 23.1 Å². The zero-order valence-corrected chi connectivity index (χ0v) is 20.8. The monoisotopic (exact) mass is 593 g/mol. The Morgan fingerprint density at radius 3 is 2.37 bits per heavy atom. The molecule has 1 fully saturated rings. The Bertz CT molecular complexity index is 1270. The highest BCUT2D eigenvalue weighted by atomic mass is 127. The van der Waals surface area contributed by atoms with E-state index >= 15 is 0 Å². The molecular formula is C26H23F3IN3O2. The van der Waals surface area contributed by atoms with Crippen molar-refractivity contribution in [2.75, 3.05) is 25.0 Å². The molecule has 1 aliphatic heterocycles. The molecule has 0 unspecified atom stereocenters. The summed E-state index contributed by atoms with van der Waals surface area (Å²) in [6, 6.07) is 14.7. The maximum atomic E-state index is 14.7. The number of rotatable bonds is 6. The van der Waals surface area contributed by atoms with Crippen molar-refractivity contribution in [3.63, 3.8) is 0 Å². The van der Waals surface area contributed by atoms with Crippen LogP contribution in [0.5, 0.6) is 0 Å². The summed E-state index contributed by atoms with van der Waals surface area (Å²) in [5.41, 5.74) is 0.829. The molecule has 1 heterocycles. The Kier molecular flexibility index (Phi) is 6.49. The van der Waals surface area contributed by atoms with Gasteiger partial charge in [0.25, 0.3) is 5.91 Å². The van der Waals surface area contributed by atoms with Crippen LogP contribution in [0.25, 0.3) is 0 Å². The number of aliphatic hydroxyl groups is 1. The number of likely N-dealkylation sites (tertiary alicyclic amines) is 1. The zero-order valence-electron chi connectivity index (χ0n) is 18.6. The lowest BCUT2D eigenvalue weighted by atomic mass is 9.92. The van der Waals surface area contributed by atoms with E-state index in [1.54, 1.807) is 6.07 Å². The van der Waals surface area contributed by atoms with Gasteiger partial charge in [0.05, 0.1) is 30.0 Å². The number of nitrogens with zero attached hydrogens (tertiary/aromatic N) is 1. The van der Waals surface area contributed by atoms with Crippen LogP contribution in [0.2, 0.25) is 0 Å². The topological polar surface area (TPSA) is 64.6 Å². The SMILES string of the molecule is O=C(c1ccc(F)c(F)c1Nc1ccc(I)cc1F)N1CC(O)(CNC2Cc3ccccc3C2)C1. The zero-order chi connectivity index (χ0) is 24.7. The lowest BCUT2D eigenvalue weighted by molar-refractivity contribution is -0.0796. The first-order valence-corrected chi connectivity index (χ1v) is 12.3. The molecule has 3 N–H and O–H groups in total. The summed E-state index contributed by atoms with van der Waals surface area (Å²) in [7, 11) is 0. The Morgan fingerprint density at radius 1 is 1.03 bits per heavy atom. The van der Waals surface area contributed by atoms with E-state index in [1.807, 2.05) is 34.7 Å². The maximum Gasteiger partial charge on any atom is 0.256 e. The summed E-state index contributed by atoms with van der Waals surface area (Å²) in [5.74, 6) is -3.66. The molecule has 0 atom stereocenters. The van der Waals surface area contributed by atoms with Crippen LogP contribution in [-0.2, 0) is 12.8 Å². The fourth-order valence-corrected chi connectivity index (χ4v) is 5.16. The lowest BCUT2D eigenvalue weighted by Gasteiger charge is -2.47. The minimum Gasteiger partial charge on any atom is -0.385 e. The van der Waals surface area contributed by atoms with E-state index in [-0.39, 0.29) is 30.4 Å². The maximum absolute atomic E-state index is 14.7. The number of fused-ring (bicyclic) bond motifs is 1. The van der Waals surface area contributed by atoms with Gasteiger partial charge in [-0.3, -0.25) is 4.79 Å². The molecule has 0 radical (unpaired) electrons. The summed E-state index contributed by atoms with van der Waals surface area (Å²) in [6.07, 6.45) is 1.77. The molecule has 5 nitrogen and oxygen atoms in total. The second-order valence-electron chi connectivity index (χ2n) is 9.17. The highest BCUT2D eigenvalue weighted by Gasteiger charge is 2.44. The van der Waals surface area contributed by atoms with Gasteiger partial charge in [-0.15, -0.1) is 0 Å². The second-order valence-corrected chi connectivity index (χ2v) is 10.4. The molecule has 0 aromatic heterocycles. The van der Waals surface area contributed by atoms with E-state index in [1.165, 1.54) is 34.2 Å². The highest BCUT2D eigenvalue weighted by molar-refractivity contribution is 14.1. The number of nitrogens with one attached hydrogen (secondary N) is 2. The van der Waals surface area contributed by atoms with Gasteiger partial charge in [-0.2, -0.15) is 0 Å². The van der Waals surface area contributed by atoms with Gasteiger partial charge >= 0.3 is 0 Å². The van der Waals surface area contributed by atoms with E-state index < -0.39 is 34.6 Å². The minimum absolute atomic E-state index is 0.0504. The Morgan fingerprint density at radius 2 is 1.71 bits per heavy atom. The molecule has 1 aliphatic carbocycles. The smallest absolute Gasteiger partial charge is 0.256 e. The fourth-order valence-electron chi connectivity index (χ4n) is 4.70. The molecule has 35 heavy (non-hydrogen) atoms. The lowest BCUT2D eigenvalue weighted by Crippen LogP contribution is -2.67. The second kappa shape index (κ2) is 9.44. The first kappa shape index (κ1) is 24.1. The third-order valence-corrected chi connectivity index (χ3v) is 7.22. The van der Waals surface area contributed by atoms with Crippen molar-refractivity contribution in [1.82, 2.24) is 10.2 Å². The normalized spacial score (nSPS) is 16.7. The summed E-state index contributed by atoms with van der Waals surface area (Å²) < 4.78 is 43.6. The third kappa shape index (κ3) is 4.89. The van der Waals surface area contributed by atoms with Crippen LogP contribution in [0, 0.1) is 21.0 Å². The molecule has 0 bridgehead atoms. The van der Waals surface area contributed by atoms with Gasteiger partial charge < -0.3 is 20.6 Å². The molecule has 9 heteroatoms. The van der Waals surface area contributed by atoms with Gasteiger partial charge in [0.2, 0.25) is 0 Å². The average molecular weight is 593 g/mol. The standard InChI is InChI=1S/C26H23F3IN3O2/c27-20-7-6-19(24(23(20)29)32-22-8-5-17(30)11-21(22)28)25(34)33-13-26(35,14-33)12-31-18-9-15-3-1-2-4-16(15)10-18/h1-8,11,18,31-32,35H,9-10,12-14H2. The molecule has 1 saturated heterocycles. The van der Waals surface area contributed by atoms with E-state index in [0.29, 0.717) is 10.1 Å². The van der Waals surface area contributed by atoms with Crippen LogP contribution in [0.3, 0.4) is 0 Å². The van der Waals surface area contributed by atoms with Crippen molar-refractivity contribution >= 4 is 39.9 Å². The van der Waals surface area contributed by atoms with E-state index in [4.69, 9.17) is 0 Å². The number of anilines is 2. The van der Waals surface area contributed by atoms with Gasteiger partial charge in [0, 0.05) is 16.2 Å². The van der Waals surface area contributed by atoms with Crippen LogP contribution in [0.4, 0.5) is 24.5 Å². The Balaban J connectivity index is 1.25. The summed E-state index contributed by atoms with van der Waals surface area (Å²) in [5, 5.41) is 16.8. The van der Waals surface area contributed by atoms with Crippen LogP contribution in [-0.4, -0.2) is 47.2 Å². The predicted octanol–water partition coefficient (Wildman–Crippen LogP) is 4.40. The van der Waals surface area contributed by atoms with Crippen molar-refractivity contribution in [3.8, 4) is 0 Å². The minimum atomic E-state index is -1.27. The van der Waals surface area contributed by atoms with Crippen LogP contribution in [0.15, 0.2) is 54.6 Å².